The van der Waals surface area contributed by atoms with E-state index in [1.807, 2.05) is 24.3 Å². The highest BCUT2D eigenvalue weighted by molar-refractivity contribution is 6.09. The molecule has 0 aromatic heterocycles. The molecule has 0 heterocycles. The summed E-state index contributed by atoms with van der Waals surface area (Å²) in [5.41, 5.74) is 9.76. The van der Waals surface area contributed by atoms with E-state index in [0.29, 0.717) is 0 Å². The van der Waals surface area contributed by atoms with Gasteiger partial charge in [-0.25, -0.2) is 0 Å². The molecule has 0 spiro atoms. The minimum Gasteiger partial charge on any atom is -0.497 e. The monoisotopic (exact) mass is 494 g/mol. The Kier molecular flexibility index (Phi) is 6.09. The van der Waals surface area contributed by atoms with E-state index < -0.39 is 0 Å². The van der Waals surface area contributed by atoms with Gasteiger partial charge in [0.25, 0.3) is 0 Å². The molecule has 0 fully saturated rings. The smallest absolute Gasteiger partial charge is 0.119 e. The fraction of sp³-hybridized carbons (Fsp3) is 0.111. The molecule has 0 aliphatic rings. The second-order valence-electron chi connectivity index (χ2n) is 9.85. The average Bonchev–Trinajstić information content (AvgIpc) is 2.97. The van der Waals surface area contributed by atoms with Crippen molar-refractivity contribution in [3.63, 3.8) is 0 Å². The molecule has 186 valence electrons. The van der Waals surface area contributed by atoms with Crippen LogP contribution in [0.2, 0.25) is 0 Å². The molecule has 6 rings (SSSR count). The number of rotatable bonds is 5. The molecule has 6 aromatic rings. The number of benzene rings is 6. The highest BCUT2D eigenvalue weighted by Crippen LogP contribution is 2.41. The van der Waals surface area contributed by atoms with E-state index in [0.717, 1.165) is 22.6 Å². The number of fused-ring (bicyclic) bond motifs is 2. The highest BCUT2D eigenvalue weighted by Gasteiger charge is 2.15. The molecular weight excluding hydrogens is 464 g/mol. The molecule has 0 saturated carbocycles. The van der Waals surface area contributed by atoms with Gasteiger partial charge in [-0.05, 0) is 116 Å². The van der Waals surface area contributed by atoms with Crippen LogP contribution >= 0.6 is 0 Å². The van der Waals surface area contributed by atoms with E-state index >= 15 is 0 Å². The molecule has 2 heteroatoms. The van der Waals surface area contributed by atoms with Gasteiger partial charge in [-0.2, -0.15) is 0 Å². The molecule has 0 aliphatic carbocycles. The lowest BCUT2D eigenvalue weighted by Crippen LogP contribution is -1.93. The lowest BCUT2D eigenvalue weighted by atomic mass is 9.86. The first kappa shape index (κ1) is 23.8. The van der Waals surface area contributed by atoms with E-state index in [9.17, 15) is 0 Å². The second kappa shape index (κ2) is 9.72. The van der Waals surface area contributed by atoms with Gasteiger partial charge in [0.2, 0.25) is 0 Å². The summed E-state index contributed by atoms with van der Waals surface area (Å²) in [6, 6.07) is 39.0. The molecule has 0 radical (unpaired) electrons. The standard InChI is InChI=1S/C36H30O2/c1-23-11-13-25-15-17-29(27-7-5-9-31(19-27)37-3)21-33(25)35(23)36-24(2)12-14-26-16-18-30(22-34(26)36)28-8-6-10-32(20-28)38-4/h5-22H,1-4H3. The van der Waals surface area contributed by atoms with Gasteiger partial charge in [0.05, 0.1) is 14.2 Å². The minimum absolute atomic E-state index is 0.863. The molecule has 2 nitrogen and oxygen atoms in total. The van der Waals surface area contributed by atoms with Crippen molar-refractivity contribution in [3.8, 4) is 44.9 Å². The Morgan fingerprint density at radius 1 is 0.421 bits per heavy atom. The van der Waals surface area contributed by atoms with Gasteiger partial charge in [-0.3, -0.25) is 0 Å². The van der Waals surface area contributed by atoms with Crippen LogP contribution in [-0.4, -0.2) is 14.2 Å². The first-order valence-electron chi connectivity index (χ1n) is 12.9. The summed E-state index contributed by atoms with van der Waals surface area (Å²) in [6.07, 6.45) is 0. The minimum atomic E-state index is 0.863. The SMILES string of the molecule is COc1cccc(-c2ccc3ccc(C)c(-c4c(C)ccc5ccc(-c6cccc(OC)c6)cc45)c3c2)c1. The quantitative estimate of drug-likeness (QED) is 0.237. The Morgan fingerprint density at radius 2 is 0.816 bits per heavy atom. The predicted octanol–water partition coefficient (Wildman–Crippen LogP) is 9.63. The third-order valence-electron chi connectivity index (χ3n) is 7.52. The van der Waals surface area contributed by atoms with Gasteiger partial charge in [0, 0.05) is 0 Å². The molecular formula is C36H30O2. The van der Waals surface area contributed by atoms with Crippen molar-refractivity contribution in [2.45, 2.75) is 13.8 Å². The first-order valence-corrected chi connectivity index (χ1v) is 12.9. The van der Waals surface area contributed by atoms with Crippen LogP contribution in [0.5, 0.6) is 11.5 Å². The normalized spacial score (nSPS) is 11.2. The fourth-order valence-corrected chi connectivity index (χ4v) is 5.49. The topological polar surface area (TPSA) is 18.5 Å². The van der Waals surface area contributed by atoms with Gasteiger partial charge < -0.3 is 9.47 Å². The molecule has 0 amide bonds. The summed E-state index contributed by atoms with van der Waals surface area (Å²) in [5, 5.41) is 4.98. The maximum atomic E-state index is 5.49. The van der Waals surface area contributed by atoms with Crippen molar-refractivity contribution in [3.05, 3.63) is 120 Å². The molecule has 0 unspecified atom stereocenters. The van der Waals surface area contributed by atoms with Gasteiger partial charge >= 0.3 is 0 Å². The highest BCUT2D eigenvalue weighted by atomic mass is 16.5. The predicted molar refractivity (Wildman–Crippen MR) is 160 cm³/mol. The molecule has 0 bridgehead atoms. The van der Waals surface area contributed by atoms with Gasteiger partial charge in [0.15, 0.2) is 0 Å². The lowest BCUT2D eigenvalue weighted by Gasteiger charge is -2.18. The Morgan fingerprint density at radius 3 is 1.24 bits per heavy atom. The number of aryl methyl sites for hydroxylation is 2. The van der Waals surface area contributed by atoms with Crippen LogP contribution in [0.4, 0.5) is 0 Å². The Bertz CT molecular complexity index is 1680. The average molecular weight is 495 g/mol. The summed E-state index contributed by atoms with van der Waals surface area (Å²) in [7, 11) is 3.42. The van der Waals surface area contributed by atoms with Crippen LogP contribution in [0, 0.1) is 13.8 Å². The number of methoxy groups -OCH3 is 2. The van der Waals surface area contributed by atoms with Crippen LogP contribution in [0.1, 0.15) is 11.1 Å². The van der Waals surface area contributed by atoms with Crippen molar-refractivity contribution in [1.29, 1.82) is 0 Å². The number of hydrogen-bond donors (Lipinski definition) is 0. The summed E-state index contributed by atoms with van der Waals surface area (Å²) in [6.45, 7) is 4.44. The van der Waals surface area contributed by atoms with Gasteiger partial charge in [0.1, 0.15) is 11.5 Å². The van der Waals surface area contributed by atoms with Crippen LogP contribution < -0.4 is 9.47 Å². The molecule has 0 aliphatic heterocycles. The zero-order chi connectivity index (χ0) is 26.2. The van der Waals surface area contributed by atoms with Crippen LogP contribution in [0.25, 0.3) is 54.9 Å². The Balaban J connectivity index is 1.61. The van der Waals surface area contributed by atoms with Crippen molar-refractivity contribution >= 4 is 21.5 Å². The maximum absolute atomic E-state index is 5.49. The third kappa shape index (κ3) is 4.18. The van der Waals surface area contributed by atoms with Gasteiger partial charge in [-0.15, -0.1) is 0 Å². The van der Waals surface area contributed by atoms with Crippen molar-refractivity contribution in [2.24, 2.45) is 0 Å². The zero-order valence-electron chi connectivity index (χ0n) is 22.2. The van der Waals surface area contributed by atoms with E-state index in [-0.39, 0.29) is 0 Å². The maximum Gasteiger partial charge on any atom is 0.119 e. The molecule has 0 N–H and O–H groups in total. The number of hydrogen-bond acceptors (Lipinski definition) is 2. The summed E-state index contributed by atoms with van der Waals surface area (Å²) < 4.78 is 11.0. The van der Waals surface area contributed by atoms with Gasteiger partial charge in [-0.1, -0.05) is 72.8 Å². The number of ether oxygens (including phenoxy) is 2. The second-order valence-corrected chi connectivity index (χ2v) is 9.85. The molecule has 6 aromatic carbocycles. The molecule has 38 heavy (non-hydrogen) atoms. The largest absolute Gasteiger partial charge is 0.497 e. The van der Waals surface area contributed by atoms with E-state index in [2.05, 4.69) is 98.8 Å². The fourth-order valence-electron chi connectivity index (χ4n) is 5.49. The van der Waals surface area contributed by atoms with Crippen LogP contribution in [0.15, 0.2) is 109 Å². The van der Waals surface area contributed by atoms with E-state index in [1.54, 1.807) is 14.2 Å². The van der Waals surface area contributed by atoms with Crippen molar-refractivity contribution < 1.29 is 9.47 Å². The summed E-state index contributed by atoms with van der Waals surface area (Å²) in [5.74, 6) is 1.73. The Labute approximate surface area is 224 Å². The molecule has 0 atom stereocenters. The lowest BCUT2D eigenvalue weighted by molar-refractivity contribution is 0.415. The van der Waals surface area contributed by atoms with Crippen LogP contribution in [-0.2, 0) is 0 Å². The summed E-state index contributed by atoms with van der Waals surface area (Å²) >= 11 is 0. The van der Waals surface area contributed by atoms with E-state index in [1.165, 1.54) is 54.9 Å². The zero-order valence-corrected chi connectivity index (χ0v) is 22.2. The molecule has 0 saturated heterocycles. The van der Waals surface area contributed by atoms with Crippen LogP contribution in [0.3, 0.4) is 0 Å². The van der Waals surface area contributed by atoms with E-state index in [4.69, 9.17) is 9.47 Å². The first-order chi connectivity index (χ1) is 18.6. The van der Waals surface area contributed by atoms with Crippen molar-refractivity contribution in [2.75, 3.05) is 14.2 Å². The van der Waals surface area contributed by atoms with Crippen molar-refractivity contribution in [1.82, 2.24) is 0 Å². The summed E-state index contributed by atoms with van der Waals surface area (Å²) in [4.78, 5) is 0. The Hall–Kier alpha value is -4.56. The third-order valence-corrected chi connectivity index (χ3v) is 7.52.